The van der Waals surface area contributed by atoms with Crippen LogP contribution >= 0.6 is 0 Å². The van der Waals surface area contributed by atoms with Gasteiger partial charge in [-0.05, 0) is 17.7 Å². The molecule has 1 aromatic heterocycles. The topological polar surface area (TPSA) is 78.7 Å². The fraction of sp³-hybridized carbons (Fsp3) is 0.0769. The van der Waals surface area contributed by atoms with Crippen LogP contribution < -0.4 is 5.32 Å². The third-order valence-corrected chi connectivity index (χ3v) is 2.36. The van der Waals surface area contributed by atoms with Gasteiger partial charge in [0, 0.05) is 18.9 Å². The third-order valence-electron chi connectivity index (χ3n) is 2.36. The summed E-state index contributed by atoms with van der Waals surface area (Å²) in [6.07, 6.45) is 4.29. The molecule has 1 heterocycles. The molecule has 0 fully saturated rings. The standard InChI is InChI=1S/C13H10N4O/c14-5-10-1-3-11(4-2-10)6-17-13(18)12-7-15-9-16-8-12/h1-4,7-9H,6H2,(H,17,18). The summed E-state index contributed by atoms with van der Waals surface area (Å²) in [4.78, 5) is 19.2. The number of aromatic nitrogens is 2. The summed E-state index contributed by atoms with van der Waals surface area (Å²) in [6.45, 7) is 0.402. The minimum Gasteiger partial charge on any atom is -0.348 e. The van der Waals surface area contributed by atoms with Crippen molar-refractivity contribution in [1.82, 2.24) is 15.3 Å². The van der Waals surface area contributed by atoms with Gasteiger partial charge >= 0.3 is 0 Å². The molecule has 0 aliphatic heterocycles. The molecule has 1 N–H and O–H groups in total. The van der Waals surface area contributed by atoms with Crippen molar-refractivity contribution in [3.63, 3.8) is 0 Å². The van der Waals surface area contributed by atoms with Crippen molar-refractivity contribution in [2.75, 3.05) is 0 Å². The molecule has 2 rings (SSSR count). The molecule has 0 saturated carbocycles. The summed E-state index contributed by atoms with van der Waals surface area (Å²) in [5, 5.41) is 11.4. The van der Waals surface area contributed by atoms with E-state index in [1.165, 1.54) is 18.7 Å². The van der Waals surface area contributed by atoms with Crippen LogP contribution in [0.4, 0.5) is 0 Å². The van der Waals surface area contributed by atoms with Gasteiger partial charge in [-0.3, -0.25) is 4.79 Å². The lowest BCUT2D eigenvalue weighted by molar-refractivity contribution is 0.0950. The van der Waals surface area contributed by atoms with Gasteiger partial charge < -0.3 is 5.32 Å². The maximum atomic E-state index is 11.7. The van der Waals surface area contributed by atoms with Crippen LogP contribution in [0.3, 0.4) is 0 Å². The highest BCUT2D eigenvalue weighted by Gasteiger charge is 2.04. The van der Waals surface area contributed by atoms with Gasteiger partial charge in [-0.2, -0.15) is 5.26 Å². The van der Waals surface area contributed by atoms with Gasteiger partial charge in [0.15, 0.2) is 0 Å². The van der Waals surface area contributed by atoms with Crippen LogP contribution in [-0.2, 0) is 6.54 Å². The Morgan fingerprint density at radius 2 is 1.89 bits per heavy atom. The molecule has 88 valence electrons. The number of rotatable bonds is 3. The lowest BCUT2D eigenvalue weighted by Gasteiger charge is -2.04. The van der Waals surface area contributed by atoms with Crippen LogP contribution in [0.1, 0.15) is 21.5 Å². The van der Waals surface area contributed by atoms with E-state index < -0.39 is 0 Å². The van der Waals surface area contributed by atoms with Gasteiger partial charge in [-0.1, -0.05) is 12.1 Å². The average Bonchev–Trinajstić information content (AvgIpc) is 2.46. The minimum absolute atomic E-state index is 0.222. The largest absolute Gasteiger partial charge is 0.348 e. The van der Waals surface area contributed by atoms with Gasteiger partial charge in [0.2, 0.25) is 0 Å². The highest BCUT2D eigenvalue weighted by Crippen LogP contribution is 2.03. The Balaban J connectivity index is 1.95. The molecular formula is C13H10N4O. The second-order valence-electron chi connectivity index (χ2n) is 3.62. The van der Waals surface area contributed by atoms with E-state index in [1.54, 1.807) is 24.3 Å². The smallest absolute Gasteiger partial charge is 0.254 e. The van der Waals surface area contributed by atoms with Gasteiger partial charge in [0.1, 0.15) is 6.33 Å². The Kier molecular flexibility index (Phi) is 3.62. The van der Waals surface area contributed by atoms with Crippen molar-refractivity contribution in [3.05, 3.63) is 59.7 Å². The van der Waals surface area contributed by atoms with Crippen molar-refractivity contribution in [2.45, 2.75) is 6.54 Å². The molecule has 2 aromatic rings. The number of nitriles is 1. The van der Waals surface area contributed by atoms with E-state index in [0.717, 1.165) is 5.56 Å². The molecule has 5 nitrogen and oxygen atoms in total. The average molecular weight is 238 g/mol. The van der Waals surface area contributed by atoms with Crippen molar-refractivity contribution < 1.29 is 4.79 Å². The van der Waals surface area contributed by atoms with E-state index in [9.17, 15) is 4.79 Å². The summed E-state index contributed by atoms with van der Waals surface area (Å²) in [5.41, 5.74) is 1.95. The first-order valence-electron chi connectivity index (χ1n) is 5.32. The summed E-state index contributed by atoms with van der Waals surface area (Å²) in [7, 11) is 0. The Labute approximate surface area is 104 Å². The van der Waals surface area contributed by atoms with Gasteiger partial charge in [0.05, 0.1) is 17.2 Å². The van der Waals surface area contributed by atoms with Gasteiger partial charge in [-0.25, -0.2) is 9.97 Å². The van der Waals surface area contributed by atoms with E-state index in [1.807, 2.05) is 6.07 Å². The molecule has 0 aliphatic rings. The van der Waals surface area contributed by atoms with E-state index >= 15 is 0 Å². The second kappa shape index (κ2) is 5.55. The molecule has 5 heteroatoms. The van der Waals surface area contributed by atoms with Crippen LogP contribution in [0.5, 0.6) is 0 Å². The molecule has 0 radical (unpaired) electrons. The molecular weight excluding hydrogens is 228 g/mol. The molecule has 1 aromatic carbocycles. The number of hydrogen-bond donors (Lipinski definition) is 1. The van der Waals surface area contributed by atoms with Gasteiger partial charge in [-0.15, -0.1) is 0 Å². The predicted molar refractivity (Wildman–Crippen MR) is 64.4 cm³/mol. The fourth-order valence-corrected chi connectivity index (χ4v) is 1.40. The highest BCUT2D eigenvalue weighted by atomic mass is 16.1. The van der Waals surface area contributed by atoms with Crippen molar-refractivity contribution >= 4 is 5.91 Å². The predicted octanol–water partition coefficient (Wildman–Crippen LogP) is 1.28. The monoisotopic (exact) mass is 238 g/mol. The second-order valence-corrected chi connectivity index (χ2v) is 3.62. The highest BCUT2D eigenvalue weighted by molar-refractivity contribution is 5.93. The first-order valence-corrected chi connectivity index (χ1v) is 5.32. The van der Waals surface area contributed by atoms with Crippen molar-refractivity contribution in [2.24, 2.45) is 0 Å². The lowest BCUT2D eigenvalue weighted by atomic mass is 10.1. The van der Waals surface area contributed by atoms with Gasteiger partial charge in [0.25, 0.3) is 5.91 Å². The Morgan fingerprint density at radius 3 is 2.50 bits per heavy atom. The minimum atomic E-state index is -0.222. The van der Waals surface area contributed by atoms with Crippen molar-refractivity contribution in [1.29, 1.82) is 5.26 Å². The molecule has 0 atom stereocenters. The maximum Gasteiger partial charge on any atom is 0.254 e. The maximum absolute atomic E-state index is 11.7. The molecule has 0 spiro atoms. The SMILES string of the molecule is N#Cc1ccc(CNC(=O)c2cncnc2)cc1. The molecule has 0 saturated heterocycles. The first kappa shape index (κ1) is 11.7. The number of carbonyl (C=O) groups is 1. The van der Waals surface area contributed by atoms with Crippen LogP contribution in [-0.4, -0.2) is 15.9 Å². The molecule has 18 heavy (non-hydrogen) atoms. The van der Waals surface area contributed by atoms with Crippen LogP contribution in [0, 0.1) is 11.3 Å². The molecule has 1 amide bonds. The van der Waals surface area contributed by atoms with Crippen LogP contribution in [0.15, 0.2) is 43.0 Å². The Bertz CT molecular complexity index is 572. The number of benzene rings is 1. The van der Waals surface area contributed by atoms with E-state index in [2.05, 4.69) is 15.3 Å². The Hall–Kier alpha value is -2.74. The third kappa shape index (κ3) is 2.89. The van der Waals surface area contributed by atoms with Crippen LogP contribution in [0.25, 0.3) is 0 Å². The van der Waals surface area contributed by atoms with Crippen molar-refractivity contribution in [3.8, 4) is 6.07 Å². The lowest BCUT2D eigenvalue weighted by Crippen LogP contribution is -2.23. The van der Waals surface area contributed by atoms with Crippen LogP contribution in [0.2, 0.25) is 0 Å². The zero-order valence-electron chi connectivity index (χ0n) is 9.50. The Morgan fingerprint density at radius 1 is 1.22 bits per heavy atom. The molecule has 0 unspecified atom stereocenters. The summed E-state index contributed by atoms with van der Waals surface area (Å²) >= 11 is 0. The summed E-state index contributed by atoms with van der Waals surface area (Å²) in [5.74, 6) is -0.222. The zero-order chi connectivity index (χ0) is 12.8. The van der Waals surface area contributed by atoms with E-state index in [0.29, 0.717) is 17.7 Å². The summed E-state index contributed by atoms with van der Waals surface area (Å²) in [6, 6.07) is 9.08. The zero-order valence-corrected chi connectivity index (χ0v) is 9.50. The summed E-state index contributed by atoms with van der Waals surface area (Å²) < 4.78 is 0. The number of hydrogen-bond acceptors (Lipinski definition) is 4. The number of nitrogens with zero attached hydrogens (tertiary/aromatic N) is 3. The number of nitrogens with one attached hydrogen (secondary N) is 1. The quantitative estimate of drug-likeness (QED) is 0.873. The number of carbonyl (C=O) groups excluding carboxylic acids is 1. The number of amides is 1. The molecule has 0 bridgehead atoms. The normalized spacial score (nSPS) is 9.50. The fourth-order valence-electron chi connectivity index (χ4n) is 1.40. The molecule has 0 aliphatic carbocycles. The first-order chi connectivity index (χ1) is 8.79. The van der Waals surface area contributed by atoms with E-state index in [-0.39, 0.29) is 5.91 Å². The van der Waals surface area contributed by atoms with E-state index in [4.69, 9.17) is 5.26 Å².